The number of halogens is 2. The molecule has 26 heavy (non-hydrogen) atoms. The first kappa shape index (κ1) is 18.1. The number of ether oxygens (including phenoxy) is 1. The third-order valence-electron chi connectivity index (χ3n) is 3.92. The molecule has 7 heteroatoms. The topological polar surface area (TPSA) is 64.1 Å². The van der Waals surface area contributed by atoms with E-state index in [1.165, 1.54) is 18.2 Å². The molecule has 0 bridgehead atoms. The Labute approximate surface area is 155 Å². The molecule has 0 aliphatic rings. The summed E-state index contributed by atoms with van der Waals surface area (Å²) in [5.41, 5.74) is 3.78. The molecule has 0 unspecified atom stereocenters. The van der Waals surface area contributed by atoms with Gasteiger partial charge in [0, 0.05) is 5.69 Å². The van der Waals surface area contributed by atoms with Crippen molar-refractivity contribution in [2.45, 2.75) is 20.8 Å². The highest BCUT2D eigenvalue weighted by atomic mass is 35.5. The molecule has 0 aliphatic heterocycles. The quantitative estimate of drug-likeness (QED) is 0.720. The Bertz CT molecular complexity index is 1010. The van der Waals surface area contributed by atoms with E-state index in [0.29, 0.717) is 23.3 Å². The van der Waals surface area contributed by atoms with E-state index in [9.17, 15) is 9.18 Å². The summed E-state index contributed by atoms with van der Waals surface area (Å²) in [5, 5.41) is 2.56. The maximum atomic E-state index is 13.3. The van der Waals surface area contributed by atoms with E-state index in [4.69, 9.17) is 16.3 Å². The van der Waals surface area contributed by atoms with Crippen molar-refractivity contribution >= 4 is 34.2 Å². The molecule has 0 fully saturated rings. The van der Waals surface area contributed by atoms with Gasteiger partial charge in [0.05, 0.1) is 22.7 Å². The minimum Gasteiger partial charge on any atom is -0.476 e. The van der Waals surface area contributed by atoms with Crippen molar-refractivity contribution in [1.82, 2.24) is 9.97 Å². The standard InChI is InChI=1S/C19H17ClFN3O2/c1-4-26-19-17(18(25)22-12-5-6-14(21)13(20)9-12)23-15-7-10(2)11(3)8-16(15)24-19/h5-9H,4H2,1-3H3,(H,22,25). The molecule has 0 spiro atoms. The number of hydrogen-bond donors (Lipinski definition) is 1. The van der Waals surface area contributed by atoms with E-state index in [0.717, 1.165) is 11.1 Å². The Balaban J connectivity index is 2.03. The predicted molar refractivity (Wildman–Crippen MR) is 99.5 cm³/mol. The number of amides is 1. The monoisotopic (exact) mass is 373 g/mol. The number of nitrogens with one attached hydrogen (secondary N) is 1. The lowest BCUT2D eigenvalue weighted by Crippen LogP contribution is -2.17. The van der Waals surface area contributed by atoms with Crippen LogP contribution in [-0.2, 0) is 0 Å². The van der Waals surface area contributed by atoms with Gasteiger partial charge >= 0.3 is 0 Å². The average Bonchev–Trinajstić information content (AvgIpc) is 2.59. The van der Waals surface area contributed by atoms with Crippen molar-refractivity contribution in [3.8, 4) is 5.88 Å². The molecule has 134 valence electrons. The van der Waals surface area contributed by atoms with Gasteiger partial charge in [-0.05, 0) is 62.2 Å². The summed E-state index contributed by atoms with van der Waals surface area (Å²) >= 11 is 5.76. The van der Waals surface area contributed by atoms with Crippen LogP contribution in [0.1, 0.15) is 28.5 Å². The Morgan fingerprint density at radius 3 is 2.42 bits per heavy atom. The minimum absolute atomic E-state index is 0.0584. The first-order valence-electron chi connectivity index (χ1n) is 8.07. The van der Waals surface area contributed by atoms with Crippen molar-refractivity contribution in [1.29, 1.82) is 0 Å². The van der Waals surface area contributed by atoms with E-state index in [1.54, 1.807) is 6.92 Å². The first-order valence-corrected chi connectivity index (χ1v) is 8.45. The number of hydrogen-bond acceptors (Lipinski definition) is 4. The van der Waals surface area contributed by atoms with Crippen molar-refractivity contribution in [3.63, 3.8) is 0 Å². The highest BCUT2D eigenvalue weighted by Crippen LogP contribution is 2.24. The van der Waals surface area contributed by atoms with Crippen LogP contribution in [0.3, 0.4) is 0 Å². The Hall–Kier alpha value is -2.73. The molecule has 1 aromatic heterocycles. The summed E-state index contributed by atoms with van der Waals surface area (Å²) in [6.45, 7) is 6.09. The van der Waals surface area contributed by atoms with Gasteiger partial charge in [0.2, 0.25) is 5.88 Å². The number of fused-ring (bicyclic) bond motifs is 1. The summed E-state index contributed by atoms with van der Waals surface area (Å²) in [7, 11) is 0. The molecule has 0 atom stereocenters. The number of aromatic nitrogens is 2. The molecule has 1 amide bonds. The zero-order chi connectivity index (χ0) is 18.8. The van der Waals surface area contributed by atoms with Gasteiger partial charge in [-0.1, -0.05) is 11.6 Å². The van der Waals surface area contributed by atoms with Crippen LogP contribution in [0.4, 0.5) is 10.1 Å². The molecule has 2 aromatic carbocycles. The molecule has 0 radical (unpaired) electrons. The molecule has 5 nitrogen and oxygen atoms in total. The third-order valence-corrected chi connectivity index (χ3v) is 4.21. The molecular formula is C19H17ClFN3O2. The van der Waals surface area contributed by atoms with Gasteiger partial charge in [-0.25, -0.2) is 14.4 Å². The molecule has 3 aromatic rings. The van der Waals surface area contributed by atoms with Crippen LogP contribution in [0.15, 0.2) is 30.3 Å². The van der Waals surface area contributed by atoms with Gasteiger partial charge in [0.1, 0.15) is 5.82 Å². The smallest absolute Gasteiger partial charge is 0.279 e. The van der Waals surface area contributed by atoms with Crippen LogP contribution in [0.25, 0.3) is 11.0 Å². The number of carbonyl (C=O) groups excluding carboxylic acids is 1. The lowest BCUT2D eigenvalue weighted by molar-refractivity contribution is 0.101. The maximum Gasteiger partial charge on any atom is 0.279 e. The fourth-order valence-electron chi connectivity index (χ4n) is 2.44. The summed E-state index contributed by atoms with van der Waals surface area (Å²) in [5.74, 6) is -0.922. The summed E-state index contributed by atoms with van der Waals surface area (Å²) in [6, 6.07) is 7.71. The van der Waals surface area contributed by atoms with Crippen LogP contribution < -0.4 is 10.1 Å². The normalized spacial score (nSPS) is 10.8. The molecule has 0 aliphatic carbocycles. The number of nitrogens with zero attached hydrogens (tertiary/aromatic N) is 2. The van der Waals surface area contributed by atoms with Crippen molar-refractivity contribution < 1.29 is 13.9 Å². The lowest BCUT2D eigenvalue weighted by Gasteiger charge is -2.11. The molecule has 0 saturated carbocycles. The summed E-state index contributed by atoms with van der Waals surface area (Å²) < 4.78 is 18.8. The molecule has 0 saturated heterocycles. The minimum atomic E-state index is -0.559. The maximum absolute atomic E-state index is 13.3. The van der Waals surface area contributed by atoms with Gasteiger partial charge < -0.3 is 10.1 Å². The molecule has 3 rings (SSSR count). The fraction of sp³-hybridized carbons (Fsp3) is 0.211. The number of rotatable bonds is 4. The molecule has 1 heterocycles. The van der Waals surface area contributed by atoms with E-state index < -0.39 is 11.7 Å². The van der Waals surface area contributed by atoms with Gasteiger partial charge in [-0.15, -0.1) is 0 Å². The van der Waals surface area contributed by atoms with Crippen molar-refractivity contribution in [2.75, 3.05) is 11.9 Å². The van der Waals surface area contributed by atoms with Crippen LogP contribution in [0.5, 0.6) is 5.88 Å². The second-order valence-corrected chi connectivity index (χ2v) is 6.23. The second-order valence-electron chi connectivity index (χ2n) is 5.82. The zero-order valence-electron chi connectivity index (χ0n) is 14.6. The second kappa shape index (κ2) is 7.25. The predicted octanol–water partition coefficient (Wildman–Crippen LogP) is 4.69. The number of benzene rings is 2. The van der Waals surface area contributed by atoms with Crippen LogP contribution in [-0.4, -0.2) is 22.5 Å². The van der Waals surface area contributed by atoms with Gasteiger partial charge in [-0.2, -0.15) is 0 Å². The molecular weight excluding hydrogens is 357 g/mol. The van der Waals surface area contributed by atoms with Crippen LogP contribution in [0.2, 0.25) is 5.02 Å². The number of aryl methyl sites for hydroxylation is 2. The number of carbonyl (C=O) groups is 1. The van der Waals surface area contributed by atoms with Gasteiger partial charge in [-0.3, -0.25) is 4.79 Å². The highest BCUT2D eigenvalue weighted by molar-refractivity contribution is 6.31. The zero-order valence-corrected chi connectivity index (χ0v) is 15.3. The SMILES string of the molecule is CCOc1nc2cc(C)c(C)cc2nc1C(=O)Nc1ccc(F)c(Cl)c1. The average molecular weight is 374 g/mol. The van der Waals surface area contributed by atoms with E-state index in [2.05, 4.69) is 15.3 Å². The van der Waals surface area contributed by atoms with E-state index in [1.807, 2.05) is 26.0 Å². The van der Waals surface area contributed by atoms with E-state index in [-0.39, 0.29) is 16.6 Å². The lowest BCUT2D eigenvalue weighted by atomic mass is 10.1. The van der Waals surface area contributed by atoms with Crippen LogP contribution in [0, 0.1) is 19.7 Å². The Morgan fingerprint density at radius 1 is 1.15 bits per heavy atom. The van der Waals surface area contributed by atoms with Crippen molar-refractivity contribution in [2.24, 2.45) is 0 Å². The largest absolute Gasteiger partial charge is 0.476 e. The third kappa shape index (κ3) is 3.60. The summed E-state index contributed by atoms with van der Waals surface area (Å²) in [4.78, 5) is 21.5. The molecule has 1 N–H and O–H groups in total. The van der Waals surface area contributed by atoms with Gasteiger partial charge in [0.25, 0.3) is 5.91 Å². The van der Waals surface area contributed by atoms with Gasteiger partial charge in [0.15, 0.2) is 5.69 Å². The van der Waals surface area contributed by atoms with Crippen LogP contribution >= 0.6 is 11.6 Å². The fourth-order valence-corrected chi connectivity index (χ4v) is 2.63. The highest BCUT2D eigenvalue weighted by Gasteiger charge is 2.19. The Kier molecular flexibility index (Phi) is 5.04. The van der Waals surface area contributed by atoms with Crippen molar-refractivity contribution in [3.05, 3.63) is 58.0 Å². The van der Waals surface area contributed by atoms with E-state index >= 15 is 0 Å². The Morgan fingerprint density at radius 2 is 1.81 bits per heavy atom. The summed E-state index contributed by atoms with van der Waals surface area (Å²) in [6.07, 6.45) is 0. The number of anilines is 1. The first-order chi connectivity index (χ1) is 12.4.